The third kappa shape index (κ3) is 4.97. The van der Waals surface area contributed by atoms with E-state index < -0.39 is 0 Å². The summed E-state index contributed by atoms with van der Waals surface area (Å²) in [5, 5.41) is 7.10. The van der Waals surface area contributed by atoms with Gasteiger partial charge >= 0.3 is 0 Å². The molecule has 1 aromatic heterocycles. The van der Waals surface area contributed by atoms with Crippen LogP contribution in [-0.2, 0) is 6.42 Å². The fourth-order valence-corrected chi connectivity index (χ4v) is 1.09. The van der Waals surface area contributed by atoms with Gasteiger partial charge in [-0.3, -0.25) is 0 Å². The minimum absolute atomic E-state index is 0.402. The van der Waals surface area contributed by atoms with Crippen LogP contribution in [0.5, 0.6) is 0 Å². The van der Waals surface area contributed by atoms with Crippen LogP contribution >= 0.6 is 0 Å². The maximum absolute atomic E-state index is 4.64. The fourth-order valence-electron chi connectivity index (χ4n) is 1.09. The van der Waals surface area contributed by atoms with Crippen molar-refractivity contribution in [3.05, 3.63) is 12.2 Å². The quantitative estimate of drug-likeness (QED) is 0.729. The van der Waals surface area contributed by atoms with Crippen LogP contribution in [0.4, 0.5) is 0 Å². The second-order valence-electron chi connectivity index (χ2n) is 4.66. The molecule has 1 rings (SSSR count). The zero-order valence-electron chi connectivity index (χ0n) is 9.21. The van der Waals surface area contributed by atoms with Crippen LogP contribution in [0.1, 0.15) is 33.0 Å². The van der Waals surface area contributed by atoms with E-state index in [0.29, 0.717) is 5.41 Å². The predicted octanol–water partition coefficient (Wildman–Crippen LogP) is 1.64. The van der Waals surface area contributed by atoms with Gasteiger partial charge in [0.2, 0.25) is 6.39 Å². The van der Waals surface area contributed by atoms with Crippen LogP contribution in [0.3, 0.4) is 0 Å². The highest BCUT2D eigenvalue weighted by molar-refractivity contribution is 4.78. The highest BCUT2D eigenvalue weighted by Crippen LogP contribution is 2.16. The molecule has 0 aliphatic carbocycles. The van der Waals surface area contributed by atoms with Gasteiger partial charge in [0.1, 0.15) is 0 Å². The molecule has 1 aromatic rings. The van der Waals surface area contributed by atoms with Crippen LogP contribution in [-0.4, -0.2) is 23.2 Å². The summed E-state index contributed by atoms with van der Waals surface area (Å²) >= 11 is 0. The van der Waals surface area contributed by atoms with Crippen molar-refractivity contribution in [2.45, 2.75) is 33.6 Å². The molecule has 0 unspecified atom stereocenters. The van der Waals surface area contributed by atoms with Crippen molar-refractivity contribution in [2.24, 2.45) is 5.41 Å². The van der Waals surface area contributed by atoms with Gasteiger partial charge in [0.25, 0.3) is 0 Å². The van der Waals surface area contributed by atoms with Gasteiger partial charge in [-0.05, 0) is 18.4 Å². The van der Waals surface area contributed by atoms with E-state index in [0.717, 1.165) is 25.3 Å². The third-order valence-electron chi connectivity index (χ3n) is 1.98. The summed E-state index contributed by atoms with van der Waals surface area (Å²) in [6, 6.07) is 0. The second kappa shape index (κ2) is 5.10. The molecule has 0 fully saturated rings. The molecule has 0 saturated carbocycles. The van der Waals surface area contributed by atoms with Crippen molar-refractivity contribution in [1.82, 2.24) is 15.5 Å². The predicted molar refractivity (Wildman–Crippen MR) is 54.9 cm³/mol. The first kappa shape index (κ1) is 11.2. The van der Waals surface area contributed by atoms with Gasteiger partial charge in [0.15, 0.2) is 5.82 Å². The zero-order chi connectivity index (χ0) is 10.4. The lowest BCUT2D eigenvalue weighted by Gasteiger charge is -2.17. The van der Waals surface area contributed by atoms with Crippen LogP contribution in [0.25, 0.3) is 0 Å². The Bertz CT molecular complexity index is 238. The molecule has 0 aliphatic heterocycles. The van der Waals surface area contributed by atoms with Gasteiger partial charge < -0.3 is 9.84 Å². The number of nitrogens with zero attached hydrogens (tertiary/aromatic N) is 2. The van der Waals surface area contributed by atoms with Crippen molar-refractivity contribution in [3.63, 3.8) is 0 Å². The van der Waals surface area contributed by atoms with Crippen molar-refractivity contribution < 1.29 is 4.52 Å². The Kier molecular flexibility index (Phi) is 4.07. The maximum atomic E-state index is 4.64. The lowest BCUT2D eigenvalue weighted by molar-refractivity contribution is 0.366. The molecular formula is C10H19N3O. The lowest BCUT2D eigenvalue weighted by atomic mass is 9.92. The Labute approximate surface area is 85.1 Å². The van der Waals surface area contributed by atoms with E-state index in [9.17, 15) is 0 Å². The summed E-state index contributed by atoms with van der Waals surface area (Å²) in [5.74, 6) is 0.772. The van der Waals surface area contributed by atoms with Gasteiger partial charge in [-0.25, -0.2) is 0 Å². The van der Waals surface area contributed by atoms with E-state index >= 15 is 0 Å². The summed E-state index contributed by atoms with van der Waals surface area (Å²) in [6.45, 7) is 8.69. The molecule has 0 bridgehead atoms. The van der Waals surface area contributed by atoms with Gasteiger partial charge in [-0.1, -0.05) is 25.9 Å². The van der Waals surface area contributed by atoms with Crippen LogP contribution in [0.15, 0.2) is 10.9 Å². The normalized spacial score (nSPS) is 11.9. The lowest BCUT2D eigenvalue weighted by Crippen LogP contribution is -2.22. The minimum atomic E-state index is 0.402. The van der Waals surface area contributed by atoms with Crippen LogP contribution < -0.4 is 5.32 Å². The SMILES string of the molecule is CC(C)(C)CCNCCc1ncon1. The van der Waals surface area contributed by atoms with E-state index in [1.165, 1.54) is 12.8 Å². The van der Waals surface area contributed by atoms with Gasteiger partial charge in [-0.15, -0.1) is 0 Å². The molecule has 1 heterocycles. The second-order valence-corrected chi connectivity index (χ2v) is 4.66. The largest absolute Gasteiger partial charge is 0.343 e. The van der Waals surface area contributed by atoms with Crippen molar-refractivity contribution >= 4 is 0 Å². The van der Waals surface area contributed by atoms with Gasteiger partial charge in [0, 0.05) is 13.0 Å². The van der Waals surface area contributed by atoms with E-state index in [-0.39, 0.29) is 0 Å². The summed E-state index contributed by atoms with van der Waals surface area (Å²) in [4.78, 5) is 3.94. The molecule has 0 atom stereocenters. The number of rotatable bonds is 5. The van der Waals surface area contributed by atoms with E-state index in [1.807, 2.05) is 0 Å². The standard InChI is InChI=1S/C10H19N3O/c1-10(2,3)5-7-11-6-4-9-12-8-14-13-9/h8,11H,4-7H2,1-3H3. The molecule has 0 aromatic carbocycles. The maximum Gasteiger partial charge on any atom is 0.213 e. The molecule has 0 spiro atoms. The molecule has 4 heteroatoms. The summed E-state index contributed by atoms with van der Waals surface area (Å²) in [6.07, 6.45) is 3.38. The van der Waals surface area contributed by atoms with E-state index in [4.69, 9.17) is 0 Å². The fraction of sp³-hybridized carbons (Fsp3) is 0.800. The molecule has 4 nitrogen and oxygen atoms in total. The van der Waals surface area contributed by atoms with E-state index in [1.54, 1.807) is 0 Å². The topological polar surface area (TPSA) is 51.0 Å². The van der Waals surface area contributed by atoms with Crippen molar-refractivity contribution in [3.8, 4) is 0 Å². The zero-order valence-corrected chi connectivity index (χ0v) is 9.21. The average molecular weight is 197 g/mol. The molecular weight excluding hydrogens is 178 g/mol. The summed E-state index contributed by atoms with van der Waals surface area (Å²) < 4.78 is 4.64. The molecule has 14 heavy (non-hydrogen) atoms. The monoisotopic (exact) mass is 197 g/mol. The summed E-state index contributed by atoms with van der Waals surface area (Å²) in [7, 11) is 0. The highest BCUT2D eigenvalue weighted by atomic mass is 16.5. The average Bonchev–Trinajstić information content (AvgIpc) is 2.54. The Morgan fingerprint density at radius 1 is 1.36 bits per heavy atom. The first-order valence-corrected chi connectivity index (χ1v) is 5.04. The molecule has 1 N–H and O–H groups in total. The Morgan fingerprint density at radius 2 is 2.14 bits per heavy atom. The number of hydrogen-bond donors (Lipinski definition) is 1. The number of nitrogens with one attached hydrogen (secondary N) is 1. The number of hydrogen-bond acceptors (Lipinski definition) is 4. The molecule has 0 saturated heterocycles. The number of aromatic nitrogens is 2. The van der Waals surface area contributed by atoms with Gasteiger partial charge in [-0.2, -0.15) is 4.98 Å². The van der Waals surface area contributed by atoms with Crippen molar-refractivity contribution in [1.29, 1.82) is 0 Å². The van der Waals surface area contributed by atoms with Crippen LogP contribution in [0, 0.1) is 5.41 Å². The molecule has 80 valence electrons. The van der Waals surface area contributed by atoms with Gasteiger partial charge in [0.05, 0.1) is 0 Å². The smallest absolute Gasteiger partial charge is 0.213 e. The molecule has 0 aliphatic rings. The Hall–Kier alpha value is -0.900. The third-order valence-corrected chi connectivity index (χ3v) is 1.98. The Balaban J connectivity index is 2.00. The molecule has 0 amide bonds. The minimum Gasteiger partial charge on any atom is -0.343 e. The van der Waals surface area contributed by atoms with E-state index in [2.05, 4.69) is 40.8 Å². The van der Waals surface area contributed by atoms with Crippen molar-refractivity contribution in [2.75, 3.05) is 13.1 Å². The Morgan fingerprint density at radius 3 is 2.71 bits per heavy atom. The highest BCUT2D eigenvalue weighted by Gasteiger charge is 2.08. The first-order valence-electron chi connectivity index (χ1n) is 5.04. The summed E-state index contributed by atoms with van der Waals surface area (Å²) in [5.41, 5.74) is 0.402. The first-order chi connectivity index (χ1) is 6.58. The molecule has 0 radical (unpaired) electrons. The van der Waals surface area contributed by atoms with Crippen LogP contribution in [0.2, 0.25) is 0 Å².